The van der Waals surface area contributed by atoms with E-state index in [1.165, 1.54) is 11.3 Å². The van der Waals surface area contributed by atoms with Gasteiger partial charge in [-0.2, -0.15) is 4.98 Å². The fourth-order valence-corrected chi connectivity index (χ4v) is 2.78. The molecule has 0 aliphatic carbocycles. The molecule has 0 spiro atoms. The second kappa shape index (κ2) is 4.51. The van der Waals surface area contributed by atoms with E-state index >= 15 is 0 Å². The number of aromatic nitrogens is 3. The Bertz CT molecular complexity index is 678. The lowest BCUT2D eigenvalue weighted by Gasteiger charge is -1.90. The lowest BCUT2D eigenvalue weighted by Crippen LogP contribution is -1.83. The van der Waals surface area contributed by atoms with Crippen molar-refractivity contribution < 1.29 is 4.52 Å². The van der Waals surface area contributed by atoms with Crippen molar-refractivity contribution in [3.8, 4) is 23.0 Å². The third kappa shape index (κ3) is 2.02. The van der Waals surface area contributed by atoms with Crippen molar-refractivity contribution in [1.82, 2.24) is 15.1 Å². The molecule has 0 aromatic carbocycles. The van der Waals surface area contributed by atoms with Crippen molar-refractivity contribution in [2.45, 2.75) is 6.92 Å². The normalized spacial score (nSPS) is 10.8. The summed E-state index contributed by atoms with van der Waals surface area (Å²) in [7, 11) is 0. The first kappa shape index (κ1) is 11.4. The number of hydrogen-bond acceptors (Lipinski definition) is 5. The van der Waals surface area contributed by atoms with E-state index < -0.39 is 0 Å². The van der Waals surface area contributed by atoms with Gasteiger partial charge >= 0.3 is 0 Å². The molecule has 0 saturated heterocycles. The Kier molecular flexibility index (Phi) is 2.85. The van der Waals surface area contributed by atoms with E-state index in [0.717, 1.165) is 10.4 Å². The molecule has 0 aliphatic rings. The lowest BCUT2D eigenvalue weighted by atomic mass is 10.3. The van der Waals surface area contributed by atoms with Crippen molar-refractivity contribution >= 4 is 22.9 Å². The molecule has 3 rings (SSSR count). The average molecular weight is 278 g/mol. The minimum absolute atomic E-state index is 0.421. The topological polar surface area (TPSA) is 51.8 Å². The first-order valence-corrected chi connectivity index (χ1v) is 6.45. The second-order valence-corrected chi connectivity index (χ2v) is 5.54. The van der Waals surface area contributed by atoms with Crippen LogP contribution in [-0.4, -0.2) is 15.1 Å². The predicted octanol–water partition coefficient (Wildman–Crippen LogP) is 3.82. The lowest BCUT2D eigenvalue weighted by molar-refractivity contribution is 0.432. The highest BCUT2D eigenvalue weighted by molar-refractivity contribution is 7.16. The first-order valence-electron chi connectivity index (χ1n) is 5.25. The molecule has 0 unspecified atom stereocenters. The molecular formula is C12H8ClN3OS. The molecule has 0 amide bonds. The van der Waals surface area contributed by atoms with Crippen LogP contribution in [0.4, 0.5) is 0 Å². The van der Waals surface area contributed by atoms with Crippen LogP contribution in [0.2, 0.25) is 4.34 Å². The number of hydrogen-bond donors (Lipinski definition) is 0. The number of nitrogens with zero attached hydrogens (tertiary/aromatic N) is 3. The van der Waals surface area contributed by atoms with E-state index in [1.54, 1.807) is 6.20 Å². The molecule has 6 heteroatoms. The number of pyridine rings is 1. The summed E-state index contributed by atoms with van der Waals surface area (Å²) < 4.78 is 5.88. The molecular weight excluding hydrogens is 270 g/mol. The quantitative estimate of drug-likeness (QED) is 0.714. The van der Waals surface area contributed by atoms with E-state index in [-0.39, 0.29) is 0 Å². The molecule has 3 heterocycles. The number of halogens is 1. The molecule has 90 valence electrons. The minimum atomic E-state index is 0.421. The summed E-state index contributed by atoms with van der Waals surface area (Å²) in [5, 5.41) is 3.91. The van der Waals surface area contributed by atoms with Crippen LogP contribution in [0.3, 0.4) is 0 Å². The molecule has 4 nitrogen and oxygen atoms in total. The van der Waals surface area contributed by atoms with E-state index in [4.69, 9.17) is 16.1 Å². The van der Waals surface area contributed by atoms with Gasteiger partial charge in [-0.15, -0.1) is 11.3 Å². The van der Waals surface area contributed by atoms with Gasteiger partial charge in [0.15, 0.2) is 0 Å². The van der Waals surface area contributed by atoms with Crippen molar-refractivity contribution in [3.63, 3.8) is 0 Å². The third-order valence-electron chi connectivity index (χ3n) is 2.36. The zero-order valence-electron chi connectivity index (χ0n) is 9.42. The van der Waals surface area contributed by atoms with Gasteiger partial charge in [0, 0.05) is 11.1 Å². The molecule has 0 N–H and O–H groups in total. The summed E-state index contributed by atoms with van der Waals surface area (Å²) in [5.74, 6) is 0.885. The van der Waals surface area contributed by atoms with Crippen LogP contribution < -0.4 is 0 Å². The highest BCUT2D eigenvalue weighted by Crippen LogP contribution is 2.34. The van der Waals surface area contributed by atoms with Crippen LogP contribution in [0.25, 0.3) is 23.0 Å². The van der Waals surface area contributed by atoms with Crippen LogP contribution in [0.15, 0.2) is 35.0 Å². The minimum Gasteiger partial charge on any atom is -0.333 e. The van der Waals surface area contributed by atoms with Crippen LogP contribution in [0.1, 0.15) is 4.88 Å². The van der Waals surface area contributed by atoms with Gasteiger partial charge in [0.1, 0.15) is 10.0 Å². The molecule has 0 fully saturated rings. The van der Waals surface area contributed by atoms with E-state index in [9.17, 15) is 0 Å². The van der Waals surface area contributed by atoms with Crippen LogP contribution in [0.5, 0.6) is 0 Å². The van der Waals surface area contributed by atoms with Gasteiger partial charge in [0.05, 0.1) is 5.56 Å². The molecule has 3 aromatic heterocycles. The first-order chi connectivity index (χ1) is 8.74. The Morgan fingerprint density at radius 3 is 2.89 bits per heavy atom. The predicted molar refractivity (Wildman–Crippen MR) is 70.6 cm³/mol. The summed E-state index contributed by atoms with van der Waals surface area (Å²) >= 11 is 7.60. The second-order valence-electron chi connectivity index (χ2n) is 3.68. The molecule has 0 atom stereocenters. The SMILES string of the molecule is Cc1cc(-c2nc(-c3ccccn3)no2)c(Cl)s1. The average Bonchev–Trinajstić information content (AvgIpc) is 2.97. The van der Waals surface area contributed by atoms with Gasteiger partial charge in [0.2, 0.25) is 5.82 Å². The zero-order valence-corrected chi connectivity index (χ0v) is 11.0. The maximum atomic E-state index is 6.11. The summed E-state index contributed by atoms with van der Waals surface area (Å²) in [6.45, 7) is 1.98. The van der Waals surface area contributed by atoms with Gasteiger partial charge in [-0.25, -0.2) is 0 Å². The maximum absolute atomic E-state index is 6.11. The third-order valence-corrected chi connectivity index (χ3v) is 3.63. The molecule has 18 heavy (non-hydrogen) atoms. The van der Waals surface area contributed by atoms with Crippen molar-refractivity contribution in [2.24, 2.45) is 0 Å². The van der Waals surface area contributed by atoms with Gasteiger partial charge in [-0.05, 0) is 25.1 Å². The highest BCUT2D eigenvalue weighted by Gasteiger charge is 2.15. The fraction of sp³-hybridized carbons (Fsp3) is 0.0833. The summed E-state index contributed by atoms with van der Waals surface area (Å²) in [5.41, 5.74) is 1.45. The fourth-order valence-electron chi connectivity index (χ4n) is 1.56. The van der Waals surface area contributed by atoms with Crippen molar-refractivity contribution in [2.75, 3.05) is 0 Å². The number of rotatable bonds is 2. The van der Waals surface area contributed by atoms with Gasteiger partial charge < -0.3 is 4.52 Å². The summed E-state index contributed by atoms with van der Waals surface area (Å²) in [6.07, 6.45) is 1.69. The van der Waals surface area contributed by atoms with E-state index in [2.05, 4.69) is 15.1 Å². The Hall–Kier alpha value is -1.72. The van der Waals surface area contributed by atoms with E-state index in [1.807, 2.05) is 31.2 Å². The smallest absolute Gasteiger partial charge is 0.260 e. The standard InChI is InChI=1S/C12H8ClN3OS/c1-7-6-8(10(13)18-7)12-15-11(16-17-12)9-4-2-3-5-14-9/h2-6H,1H3. The Balaban J connectivity index is 2.02. The highest BCUT2D eigenvalue weighted by atomic mass is 35.5. The molecule has 0 saturated carbocycles. The summed E-state index contributed by atoms with van der Waals surface area (Å²) in [4.78, 5) is 9.58. The molecule has 0 aliphatic heterocycles. The largest absolute Gasteiger partial charge is 0.333 e. The monoisotopic (exact) mass is 277 g/mol. The molecule has 0 radical (unpaired) electrons. The van der Waals surface area contributed by atoms with Gasteiger partial charge in [0.25, 0.3) is 5.89 Å². The van der Waals surface area contributed by atoms with Crippen molar-refractivity contribution in [1.29, 1.82) is 0 Å². The van der Waals surface area contributed by atoms with Crippen LogP contribution >= 0.6 is 22.9 Å². The van der Waals surface area contributed by atoms with Crippen molar-refractivity contribution in [3.05, 3.63) is 39.7 Å². The molecule has 3 aromatic rings. The van der Waals surface area contributed by atoms with Crippen LogP contribution in [0, 0.1) is 6.92 Å². The number of aryl methyl sites for hydroxylation is 1. The van der Waals surface area contributed by atoms with E-state index in [0.29, 0.717) is 21.7 Å². The summed E-state index contributed by atoms with van der Waals surface area (Å²) in [6, 6.07) is 7.47. The molecule has 0 bridgehead atoms. The van der Waals surface area contributed by atoms with Gasteiger partial charge in [-0.1, -0.05) is 22.8 Å². The Labute approximate surface area is 112 Å². The van der Waals surface area contributed by atoms with Gasteiger partial charge in [-0.3, -0.25) is 4.98 Å². The van der Waals surface area contributed by atoms with Crippen LogP contribution in [-0.2, 0) is 0 Å². The Morgan fingerprint density at radius 1 is 1.33 bits per heavy atom. The Morgan fingerprint density at radius 2 is 2.22 bits per heavy atom. The number of thiophene rings is 1. The zero-order chi connectivity index (χ0) is 12.5. The maximum Gasteiger partial charge on any atom is 0.260 e.